The standard InChI is InChI=1S/C18H23FN2O5/c19-13-1-3-15(4-2-13)25-11-16-9-21(17(22)12-26-16)14-5-7-20(8-6-14)10-18(23)24/h1-4,14,16H,5-12H2,(H,23,24)/t16-/m1/s1. The second-order valence-corrected chi connectivity index (χ2v) is 6.65. The Morgan fingerprint density at radius 3 is 2.62 bits per heavy atom. The van der Waals surface area contributed by atoms with Crippen molar-refractivity contribution in [3.05, 3.63) is 30.1 Å². The molecule has 1 atom stereocenters. The minimum absolute atomic E-state index is 0.0206. The van der Waals surface area contributed by atoms with Crippen molar-refractivity contribution in [2.75, 3.05) is 39.4 Å². The molecule has 2 aliphatic rings. The van der Waals surface area contributed by atoms with E-state index in [4.69, 9.17) is 14.6 Å². The molecule has 1 aromatic rings. The number of aliphatic carboxylic acids is 1. The van der Waals surface area contributed by atoms with E-state index < -0.39 is 5.97 Å². The van der Waals surface area contributed by atoms with Crippen molar-refractivity contribution in [2.24, 2.45) is 0 Å². The number of rotatable bonds is 6. The number of morpholine rings is 1. The molecule has 0 bridgehead atoms. The van der Waals surface area contributed by atoms with Gasteiger partial charge in [-0.1, -0.05) is 0 Å². The summed E-state index contributed by atoms with van der Waals surface area (Å²) in [6.07, 6.45) is 1.27. The third-order valence-corrected chi connectivity index (χ3v) is 4.77. The lowest BCUT2D eigenvalue weighted by molar-refractivity contribution is -0.156. The van der Waals surface area contributed by atoms with Crippen molar-refractivity contribution in [3.8, 4) is 5.75 Å². The van der Waals surface area contributed by atoms with Gasteiger partial charge in [0, 0.05) is 19.1 Å². The molecule has 2 aliphatic heterocycles. The molecule has 0 unspecified atom stereocenters. The van der Waals surface area contributed by atoms with Gasteiger partial charge in [-0.05, 0) is 37.1 Å². The number of carboxylic acid groups (broad SMARTS) is 1. The fourth-order valence-corrected chi connectivity index (χ4v) is 3.40. The van der Waals surface area contributed by atoms with E-state index >= 15 is 0 Å². The predicted octanol–water partition coefficient (Wildman–Crippen LogP) is 0.981. The average Bonchev–Trinajstić information content (AvgIpc) is 2.63. The molecular weight excluding hydrogens is 343 g/mol. The first-order valence-corrected chi connectivity index (χ1v) is 8.75. The van der Waals surface area contributed by atoms with Crippen LogP contribution < -0.4 is 4.74 Å². The van der Waals surface area contributed by atoms with E-state index in [1.165, 1.54) is 12.1 Å². The van der Waals surface area contributed by atoms with Crippen LogP contribution in [0.3, 0.4) is 0 Å². The maximum absolute atomic E-state index is 12.9. The first-order valence-electron chi connectivity index (χ1n) is 8.75. The molecule has 142 valence electrons. The summed E-state index contributed by atoms with van der Waals surface area (Å²) in [6.45, 7) is 2.12. The van der Waals surface area contributed by atoms with Gasteiger partial charge in [0.2, 0.25) is 5.91 Å². The Labute approximate surface area is 151 Å². The highest BCUT2D eigenvalue weighted by Gasteiger charge is 2.34. The van der Waals surface area contributed by atoms with Crippen LogP contribution in [0.2, 0.25) is 0 Å². The molecule has 0 aliphatic carbocycles. The number of amides is 1. The second-order valence-electron chi connectivity index (χ2n) is 6.65. The molecular formula is C18H23FN2O5. The molecule has 7 nitrogen and oxygen atoms in total. The van der Waals surface area contributed by atoms with Crippen LogP contribution >= 0.6 is 0 Å². The third kappa shape index (κ3) is 4.92. The van der Waals surface area contributed by atoms with Gasteiger partial charge in [-0.15, -0.1) is 0 Å². The SMILES string of the molecule is O=C(O)CN1CCC(N2C[C@H](COc3ccc(F)cc3)OCC2=O)CC1. The Morgan fingerprint density at radius 1 is 1.27 bits per heavy atom. The zero-order chi connectivity index (χ0) is 18.5. The second kappa shape index (κ2) is 8.46. The minimum Gasteiger partial charge on any atom is -0.491 e. The largest absolute Gasteiger partial charge is 0.491 e. The molecule has 2 fully saturated rings. The van der Waals surface area contributed by atoms with E-state index in [-0.39, 0.29) is 43.6 Å². The van der Waals surface area contributed by atoms with E-state index in [1.807, 2.05) is 9.80 Å². The van der Waals surface area contributed by atoms with Crippen molar-refractivity contribution < 1.29 is 28.6 Å². The van der Waals surface area contributed by atoms with Gasteiger partial charge in [0.15, 0.2) is 0 Å². The number of carbonyl (C=O) groups is 2. The van der Waals surface area contributed by atoms with Gasteiger partial charge in [0.25, 0.3) is 0 Å². The summed E-state index contributed by atoms with van der Waals surface area (Å²) < 4.78 is 24.1. The highest BCUT2D eigenvalue weighted by Crippen LogP contribution is 2.21. The number of carbonyl (C=O) groups excluding carboxylic acids is 1. The molecule has 1 N–H and O–H groups in total. The first kappa shape index (κ1) is 18.6. The van der Waals surface area contributed by atoms with Gasteiger partial charge >= 0.3 is 5.97 Å². The van der Waals surface area contributed by atoms with Crippen LogP contribution in [0.4, 0.5) is 4.39 Å². The normalized spacial score (nSPS) is 22.4. The van der Waals surface area contributed by atoms with Crippen molar-refractivity contribution in [2.45, 2.75) is 25.0 Å². The fourth-order valence-electron chi connectivity index (χ4n) is 3.40. The number of ether oxygens (including phenoxy) is 2. The van der Waals surface area contributed by atoms with E-state index in [1.54, 1.807) is 12.1 Å². The Hall–Kier alpha value is -2.19. The molecule has 8 heteroatoms. The number of halogens is 1. The smallest absolute Gasteiger partial charge is 0.317 e. The summed E-state index contributed by atoms with van der Waals surface area (Å²) in [7, 11) is 0. The number of benzene rings is 1. The lowest BCUT2D eigenvalue weighted by atomic mass is 10.0. The van der Waals surface area contributed by atoms with Gasteiger partial charge in [-0.25, -0.2) is 4.39 Å². The highest BCUT2D eigenvalue weighted by molar-refractivity contribution is 5.78. The van der Waals surface area contributed by atoms with Crippen LogP contribution in [0.1, 0.15) is 12.8 Å². The van der Waals surface area contributed by atoms with E-state index in [9.17, 15) is 14.0 Å². The molecule has 0 spiro atoms. The summed E-state index contributed by atoms with van der Waals surface area (Å²) >= 11 is 0. The number of hydrogen-bond donors (Lipinski definition) is 1. The number of hydrogen-bond acceptors (Lipinski definition) is 5. The van der Waals surface area contributed by atoms with Crippen LogP contribution in [0.25, 0.3) is 0 Å². The maximum Gasteiger partial charge on any atom is 0.317 e. The summed E-state index contributed by atoms with van der Waals surface area (Å²) in [4.78, 5) is 26.7. The van der Waals surface area contributed by atoms with Crippen molar-refractivity contribution in [1.82, 2.24) is 9.80 Å². The number of likely N-dealkylation sites (tertiary alicyclic amines) is 1. The molecule has 0 saturated carbocycles. The molecule has 1 amide bonds. The topological polar surface area (TPSA) is 79.3 Å². The Balaban J connectivity index is 1.49. The van der Waals surface area contributed by atoms with Gasteiger partial charge in [0.05, 0.1) is 13.1 Å². The predicted molar refractivity (Wildman–Crippen MR) is 90.4 cm³/mol. The van der Waals surface area contributed by atoms with Crippen molar-refractivity contribution in [1.29, 1.82) is 0 Å². The molecule has 0 radical (unpaired) electrons. The van der Waals surface area contributed by atoms with Crippen molar-refractivity contribution >= 4 is 11.9 Å². The van der Waals surface area contributed by atoms with E-state index in [2.05, 4.69) is 0 Å². The van der Waals surface area contributed by atoms with Gasteiger partial charge in [0.1, 0.15) is 30.9 Å². The van der Waals surface area contributed by atoms with Gasteiger partial charge in [-0.2, -0.15) is 0 Å². The van der Waals surface area contributed by atoms with Crippen LogP contribution in [0.5, 0.6) is 5.75 Å². The van der Waals surface area contributed by atoms with Gasteiger partial charge < -0.3 is 19.5 Å². The summed E-state index contributed by atoms with van der Waals surface area (Å²) in [5.74, 6) is -0.638. The Morgan fingerprint density at radius 2 is 1.96 bits per heavy atom. The Kier molecular flexibility index (Phi) is 6.05. The van der Waals surface area contributed by atoms with Crippen LogP contribution in [0.15, 0.2) is 24.3 Å². The van der Waals surface area contributed by atoms with Crippen LogP contribution in [0, 0.1) is 5.82 Å². The third-order valence-electron chi connectivity index (χ3n) is 4.77. The number of piperidine rings is 1. The fraction of sp³-hybridized carbons (Fsp3) is 0.556. The highest BCUT2D eigenvalue weighted by atomic mass is 19.1. The quantitative estimate of drug-likeness (QED) is 0.809. The first-order chi connectivity index (χ1) is 12.5. The zero-order valence-electron chi connectivity index (χ0n) is 14.5. The molecule has 3 rings (SSSR count). The van der Waals surface area contributed by atoms with E-state index in [0.717, 1.165) is 12.8 Å². The monoisotopic (exact) mass is 366 g/mol. The number of carboxylic acids is 1. The maximum atomic E-state index is 12.9. The molecule has 26 heavy (non-hydrogen) atoms. The average molecular weight is 366 g/mol. The minimum atomic E-state index is -0.830. The number of nitrogens with zero attached hydrogens (tertiary/aromatic N) is 2. The van der Waals surface area contributed by atoms with E-state index in [0.29, 0.717) is 25.4 Å². The molecule has 0 aromatic heterocycles. The van der Waals surface area contributed by atoms with Crippen LogP contribution in [-0.2, 0) is 14.3 Å². The zero-order valence-corrected chi connectivity index (χ0v) is 14.5. The van der Waals surface area contributed by atoms with Crippen molar-refractivity contribution in [3.63, 3.8) is 0 Å². The van der Waals surface area contributed by atoms with Gasteiger partial charge in [-0.3, -0.25) is 14.5 Å². The lowest BCUT2D eigenvalue weighted by Gasteiger charge is -2.41. The summed E-state index contributed by atoms with van der Waals surface area (Å²) in [5, 5.41) is 8.87. The Bertz CT molecular complexity index is 631. The summed E-state index contributed by atoms with van der Waals surface area (Å²) in [5.41, 5.74) is 0. The molecule has 2 saturated heterocycles. The lowest BCUT2D eigenvalue weighted by Crippen LogP contribution is -2.55. The van der Waals surface area contributed by atoms with Crippen LogP contribution in [-0.4, -0.2) is 78.3 Å². The summed E-state index contributed by atoms with van der Waals surface area (Å²) in [6, 6.07) is 5.87. The molecule has 1 aromatic carbocycles. The molecule has 2 heterocycles.